The van der Waals surface area contributed by atoms with E-state index in [1.54, 1.807) is 10.6 Å². The number of carbonyl (C=O) groups is 1. The van der Waals surface area contributed by atoms with Gasteiger partial charge >= 0.3 is 6.09 Å². The molecular formula is C25H27FN4O4. The highest BCUT2D eigenvalue weighted by atomic mass is 19.1. The number of pyridine rings is 2. The molecule has 0 spiro atoms. The van der Waals surface area contributed by atoms with Gasteiger partial charge in [-0.2, -0.15) is 0 Å². The second kappa shape index (κ2) is 9.52. The summed E-state index contributed by atoms with van der Waals surface area (Å²) in [5, 5.41) is 13.3. The van der Waals surface area contributed by atoms with E-state index in [4.69, 9.17) is 4.74 Å². The molecule has 4 heterocycles. The number of nitrogens with zero attached hydrogens (tertiary/aromatic N) is 3. The third-order valence-electron chi connectivity index (χ3n) is 6.76. The average Bonchev–Trinajstić information content (AvgIpc) is 3.20. The zero-order valence-corrected chi connectivity index (χ0v) is 18.7. The Hall–Kier alpha value is -3.30. The number of halogens is 1. The molecule has 3 aromatic rings. The van der Waals surface area contributed by atoms with Gasteiger partial charge in [-0.3, -0.25) is 14.7 Å². The normalized spacial score (nSPS) is 22.1. The van der Waals surface area contributed by atoms with Crippen molar-refractivity contribution in [2.45, 2.75) is 31.6 Å². The predicted molar refractivity (Wildman–Crippen MR) is 124 cm³/mol. The van der Waals surface area contributed by atoms with Crippen molar-refractivity contribution in [2.75, 3.05) is 26.2 Å². The number of aromatic nitrogens is 2. The summed E-state index contributed by atoms with van der Waals surface area (Å²) in [4.78, 5) is 31.0. The topological polar surface area (TPSA) is 96.7 Å². The number of ether oxygens (including phenoxy) is 1. The Morgan fingerprint density at radius 3 is 2.85 bits per heavy atom. The Morgan fingerprint density at radius 2 is 2.03 bits per heavy atom. The first kappa shape index (κ1) is 22.5. The lowest BCUT2D eigenvalue weighted by atomic mass is 9.97. The molecule has 1 amide bonds. The molecule has 3 atom stereocenters. The second-order valence-electron chi connectivity index (χ2n) is 9.04. The molecule has 0 radical (unpaired) electrons. The number of aliphatic hydroxyl groups excluding tert-OH is 1. The van der Waals surface area contributed by atoms with Gasteiger partial charge in [0.2, 0.25) is 0 Å². The maximum Gasteiger partial charge on any atom is 0.407 e. The van der Waals surface area contributed by atoms with Crippen molar-refractivity contribution in [1.82, 2.24) is 19.8 Å². The first-order valence-corrected chi connectivity index (χ1v) is 11.5. The van der Waals surface area contributed by atoms with Crippen LogP contribution in [0.15, 0.2) is 53.5 Å². The molecule has 9 heteroatoms. The highest BCUT2D eigenvalue weighted by molar-refractivity contribution is 5.79. The van der Waals surface area contributed by atoms with Gasteiger partial charge in [0, 0.05) is 43.7 Å². The van der Waals surface area contributed by atoms with E-state index in [0.29, 0.717) is 55.6 Å². The van der Waals surface area contributed by atoms with E-state index in [1.807, 2.05) is 30.3 Å². The fourth-order valence-electron chi connectivity index (χ4n) is 5.06. The minimum Gasteiger partial charge on any atom is -0.445 e. The largest absolute Gasteiger partial charge is 0.445 e. The van der Waals surface area contributed by atoms with E-state index < -0.39 is 12.2 Å². The van der Waals surface area contributed by atoms with Crippen molar-refractivity contribution >= 4 is 17.1 Å². The van der Waals surface area contributed by atoms with E-state index >= 15 is 0 Å². The highest BCUT2D eigenvalue weighted by Crippen LogP contribution is 2.31. The van der Waals surface area contributed by atoms with E-state index in [9.17, 15) is 19.1 Å². The van der Waals surface area contributed by atoms with Gasteiger partial charge in [0.05, 0.1) is 29.4 Å². The molecule has 0 aliphatic carbocycles. The van der Waals surface area contributed by atoms with Crippen LogP contribution in [-0.2, 0) is 17.8 Å². The Balaban J connectivity index is 1.20. The number of likely N-dealkylation sites (tertiary alicyclic amines) is 1. The van der Waals surface area contributed by atoms with Gasteiger partial charge in [-0.05, 0) is 24.5 Å². The van der Waals surface area contributed by atoms with Gasteiger partial charge in [0.1, 0.15) is 12.4 Å². The molecule has 1 aromatic carbocycles. The second-order valence-corrected chi connectivity index (χ2v) is 9.04. The van der Waals surface area contributed by atoms with Crippen LogP contribution in [0.4, 0.5) is 9.18 Å². The zero-order chi connectivity index (χ0) is 23.7. The number of benzene rings is 1. The monoisotopic (exact) mass is 466 g/mol. The smallest absolute Gasteiger partial charge is 0.407 e. The minimum absolute atomic E-state index is 0.137. The van der Waals surface area contributed by atoms with Gasteiger partial charge in [0.25, 0.3) is 5.56 Å². The molecule has 0 saturated carbocycles. The molecule has 5 rings (SSSR count). The number of carbonyl (C=O) groups excluding carboxylic acids is 1. The summed E-state index contributed by atoms with van der Waals surface area (Å²) < 4.78 is 21.2. The molecule has 8 nitrogen and oxygen atoms in total. The number of alkyl carbamates (subject to hydrolysis) is 1. The van der Waals surface area contributed by atoms with Crippen LogP contribution >= 0.6 is 0 Å². The number of aryl methyl sites for hydroxylation is 1. The maximum absolute atomic E-state index is 14.3. The number of hydrogen-bond acceptors (Lipinski definition) is 6. The van der Waals surface area contributed by atoms with Crippen LogP contribution < -0.4 is 10.9 Å². The van der Waals surface area contributed by atoms with E-state index in [0.717, 1.165) is 5.56 Å². The zero-order valence-electron chi connectivity index (χ0n) is 18.7. The third-order valence-corrected chi connectivity index (χ3v) is 6.76. The molecule has 2 N–H and O–H groups in total. The number of aliphatic hydroxyl groups is 1. The quantitative estimate of drug-likeness (QED) is 0.579. The third kappa shape index (κ3) is 4.53. The molecular weight excluding hydrogens is 439 g/mol. The lowest BCUT2D eigenvalue weighted by Crippen LogP contribution is -2.37. The summed E-state index contributed by atoms with van der Waals surface area (Å²) in [6.07, 6.45) is 1.26. The van der Waals surface area contributed by atoms with Crippen LogP contribution in [0.3, 0.4) is 0 Å². The first-order chi connectivity index (χ1) is 16.5. The summed E-state index contributed by atoms with van der Waals surface area (Å²) in [5.74, 6) is -0.529. The number of rotatable bonds is 6. The van der Waals surface area contributed by atoms with Crippen molar-refractivity contribution in [3.63, 3.8) is 0 Å². The summed E-state index contributed by atoms with van der Waals surface area (Å²) in [5.41, 5.74) is 2.45. The standard InChI is InChI=1S/C25H27FN4O4/c26-20-11-27-21-8-9-23(32)30-18(6-7-19(20)24(21)30)13-29-12-17(22(31)14-29)10-28-25(33)34-15-16-4-2-1-3-5-16/h1-5,8-9,11,17-18,22,31H,6-7,10,12-15H2,(H,28,33)/t17-,18?,22+/m0/s1. The van der Waals surface area contributed by atoms with Crippen molar-refractivity contribution in [1.29, 1.82) is 0 Å². The molecule has 2 aliphatic heterocycles. The van der Waals surface area contributed by atoms with E-state index in [-0.39, 0.29) is 29.9 Å². The molecule has 34 heavy (non-hydrogen) atoms. The van der Waals surface area contributed by atoms with Crippen molar-refractivity contribution < 1.29 is 19.0 Å². The van der Waals surface area contributed by atoms with Crippen LogP contribution in [0.25, 0.3) is 11.0 Å². The molecule has 1 unspecified atom stereocenters. The summed E-state index contributed by atoms with van der Waals surface area (Å²) in [6, 6.07) is 12.4. The van der Waals surface area contributed by atoms with Gasteiger partial charge in [-0.15, -0.1) is 0 Å². The minimum atomic E-state index is -0.600. The van der Waals surface area contributed by atoms with Crippen LogP contribution in [-0.4, -0.2) is 57.9 Å². The number of hydrogen-bond donors (Lipinski definition) is 2. The van der Waals surface area contributed by atoms with Crippen LogP contribution in [0, 0.1) is 11.7 Å². The molecule has 0 bridgehead atoms. The Morgan fingerprint density at radius 1 is 1.21 bits per heavy atom. The SMILES string of the molecule is O=C(NC[C@H]1CN(CC2CCc3c(F)cnc4ccc(=O)n2c34)C[C@H]1O)OCc1ccccc1. The average molecular weight is 467 g/mol. The van der Waals surface area contributed by atoms with Gasteiger partial charge in [-0.25, -0.2) is 9.18 Å². The fourth-order valence-corrected chi connectivity index (χ4v) is 5.06. The number of amides is 1. The molecule has 178 valence electrons. The highest BCUT2D eigenvalue weighted by Gasteiger charge is 2.34. The number of β-amino-alcohol motifs (C(OH)–C–C–N with tert-alkyl or cyclic N) is 1. The molecule has 1 fully saturated rings. The molecule has 2 aliphatic rings. The fraction of sp³-hybridized carbons (Fsp3) is 0.400. The van der Waals surface area contributed by atoms with Crippen molar-refractivity contribution in [2.24, 2.45) is 5.92 Å². The lowest BCUT2D eigenvalue weighted by molar-refractivity contribution is 0.124. The van der Waals surface area contributed by atoms with Crippen molar-refractivity contribution in [3.05, 3.63) is 76.0 Å². The van der Waals surface area contributed by atoms with Gasteiger partial charge in [0.15, 0.2) is 0 Å². The maximum atomic E-state index is 14.3. The van der Waals surface area contributed by atoms with E-state index in [1.165, 1.54) is 12.3 Å². The van der Waals surface area contributed by atoms with Crippen LogP contribution in [0.2, 0.25) is 0 Å². The van der Waals surface area contributed by atoms with Crippen LogP contribution in [0.1, 0.15) is 23.6 Å². The van der Waals surface area contributed by atoms with Gasteiger partial charge in [-0.1, -0.05) is 30.3 Å². The Bertz CT molecular complexity index is 1250. The Labute approximate surface area is 196 Å². The van der Waals surface area contributed by atoms with E-state index in [2.05, 4.69) is 15.2 Å². The lowest BCUT2D eigenvalue weighted by Gasteiger charge is -2.30. The molecule has 1 saturated heterocycles. The summed E-state index contributed by atoms with van der Waals surface area (Å²) in [7, 11) is 0. The Kier molecular flexibility index (Phi) is 6.30. The summed E-state index contributed by atoms with van der Waals surface area (Å²) >= 11 is 0. The van der Waals surface area contributed by atoms with Crippen molar-refractivity contribution in [3.8, 4) is 0 Å². The first-order valence-electron chi connectivity index (χ1n) is 11.5. The van der Waals surface area contributed by atoms with Gasteiger partial charge < -0.3 is 19.7 Å². The summed E-state index contributed by atoms with van der Waals surface area (Å²) in [6.45, 7) is 2.06. The number of nitrogens with one attached hydrogen (secondary N) is 1. The molecule has 2 aromatic heterocycles. The van der Waals surface area contributed by atoms with Crippen LogP contribution in [0.5, 0.6) is 0 Å². The predicted octanol–water partition coefficient (Wildman–Crippen LogP) is 2.24.